The van der Waals surface area contributed by atoms with Crippen LogP contribution in [-0.2, 0) is 12.3 Å². The van der Waals surface area contributed by atoms with Crippen molar-refractivity contribution in [2.75, 3.05) is 0 Å². The first kappa shape index (κ1) is 11.8. The van der Waals surface area contributed by atoms with E-state index in [9.17, 15) is 13.2 Å². The summed E-state index contributed by atoms with van der Waals surface area (Å²) >= 11 is 5.36. The zero-order valence-corrected chi connectivity index (χ0v) is 8.23. The van der Waals surface area contributed by atoms with Crippen molar-refractivity contribution in [2.24, 2.45) is 0 Å². The summed E-state index contributed by atoms with van der Waals surface area (Å²) in [5.41, 5.74) is -0.993. The Kier molecular flexibility index (Phi) is 3.92. The van der Waals surface area contributed by atoms with Crippen LogP contribution < -0.4 is 0 Å². The molecule has 0 bridgehead atoms. The van der Waals surface area contributed by atoms with Gasteiger partial charge in [0.2, 0.25) is 0 Å². The summed E-state index contributed by atoms with van der Waals surface area (Å²) in [5.74, 6) is -1.13. The number of nitriles is 1. The van der Waals surface area contributed by atoms with Crippen molar-refractivity contribution in [1.29, 1.82) is 5.26 Å². The number of alkyl halides is 3. The molecule has 6 heteroatoms. The van der Waals surface area contributed by atoms with Crippen LogP contribution in [0.5, 0.6) is 0 Å². The summed E-state index contributed by atoms with van der Waals surface area (Å²) in [4.78, 5) is 3.46. The molecule has 0 radical (unpaired) electrons. The molecular formula is C9H6ClF3N2. The molecule has 0 N–H and O–H groups in total. The second-order valence-corrected chi connectivity index (χ2v) is 2.99. The molecule has 1 heterocycles. The number of hydrogen-bond acceptors (Lipinski definition) is 2. The molecule has 0 amide bonds. The summed E-state index contributed by atoms with van der Waals surface area (Å²) in [7, 11) is 0. The summed E-state index contributed by atoms with van der Waals surface area (Å²) in [6.45, 7) is 0. The van der Waals surface area contributed by atoms with E-state index in [1.54, 1.807) is 6.07 Å². The van der Waals surface area contributed by atoms with Crippen LogP contribution in [0.1, 0.15) is 23.2 Å². The highest BCUT2D eigenvalue weighted by atomic mass is 35.5. The molecule has 0 saturated heterocycles. The highest BCUT2D eigenvalue weighted by molar-refractivity contribution is 6.16. The lowest BCUT2D eigenvalue weighted by atomic mass is 10.1. The van der Waals surface area contributed by atoms with E-state index in [0.29, 0.717) is 0 Å². The molecule has 1 aromatic heterocycles. The molecule has 0 spiro atoms. The van der Waals surface area contributed by atoms with Gasteiger partial charge in [0.1, 0.15) is 0 Å². The molecule has 0 aromatic carbocycles. The molecule has 0 unspecified atom stereocenters. The van der Waals surface area contributed by atoms with Crippen molar-refractivity contribution in [1.82, 2.24) is 4.98 Å². The van der Waals surface area contributed by atoms with E-state index in [2.05, 4.69) is 4.98 Å². The van der Waals surface area contributed by atoms with Crippen LogP contribution in [0, 0.1) is 17.1 Å². The van der Waals surface area contributed by atoms with Crippen molar-refractivity contribution in [3.05, 3.63) is 28.8 Å². The average Bonchev–Trinajstić information content (AvgIpc) is 2.20. The maximum Gasteiger partial charge on any atom is 0.265 e. The number of halogens is 4. The Hall–Kier alpha value is -1.28. The minimum absolute atomic E-state index is 0.119. The molecular weight excluding hydrogens is 229 g/mol. The molecule has 0 aliphatic heterocycles. The van der Waals surface area contributed by atoms with Crippen LogP contribution in [-0.4, -0.2) is 4.98 Å². The Bertz CT molecular complexity index is 401. The maximum atomic E-state index is 13.4. The lowest BCUT2D eigenvalue weighted by molar-refractivity contribution is 0.149. The third-order valence-electron chi connectivity index (χ3n) is 1.84. The lowest BCUT2D eigenvalue weighted by Gasteiger charge is -2.08. The van der Waals surface area contributed by atoms with Crippen molar-refractivity contribution >= 4 is 11.6 Å². The topological polar surface area (TPSA) is 36.7 Å². The number of nitrogens with zero attached hydrogens (tertiary/aromatic N) is 2. The number of aromatic nitrogens is 1. The van der Waals surface area contributed by atoms with Crippen LogP contribution in [0.4, 0.5) is 13.2 Å². The van der Waals surface area contributed by atoms with Crippen molar-refractivity contribution in [2.45, 2.75) is 18.7 Å². The van der Waals surface area contributed by atoms with E-state index in [4.69, 9.17) is 16.9 Å². The van der Waals surface area contributed by atoms with Crippen molar-refractivity contribution in [3.63, 3.8) is 0 Å². The Balaban J connectivity index is 3.32. The third kappa shape index (κ3) is 2.39. The predicted octanol–water partition coefficient (Wildman–Crippen LogP) is 2.96. The second-order valence-electron chi connectivity index (χ2n) is 2.72. The Morgan fingerprint density at radius 1 is 1.53 bits per heavy atom. The van der Waals surface area contributed by atoms with Gasteiger partial charge in [-0.15, -0.1) is 11.6 Å². The predicted molar refractivity (Wildman–Crippen MR) is 48.0 cm³/mol. The fourth-order valence-electron chi connectivity index (χ4n) is 1.12. The van der Waals surface area contributed by atoms with E-state index < -0.39 is 24.2 Å². The Morgan fingerprint density at radius 3 is 2.67 bits per heavy atom. The third-order valence-corrected chi connectivity index (χ3v) is 2.10. The zero-order valence-electron chi connectivity index (χ0n) is 7.48. The first-order valence-electron chi connectivity index (χ1n) is 3.99. The Labute approximate surface area is 89.3 Å². The van der Waals surface area contributed by atoms with E-state index in [1.807, 2.05) is 0 Å². The smallest absolute Gasteiger partial charge is 0.256 e. The first-order valence-corrected chi connectivity index (χ1v) is 4.52. The molecule has 80 valence electrons. The fourth-order valence-corrected chi connectivity index (χ4v) is 1.31. The number of rotatable bonds is 3. The monoisotopic (exact) mass is 234 g/mol. The summed E-state index contributed by atoms with van der Waals surface area (Å²) in [6, 6.07) is 1.63. The molecule has 0 aliphatic carbocycles. The SMILES string of the molecule is N#CCc1c(C(F)F)cnc(CCl)c1F. The van der Waals surface area contributed by atoms with Gasteiger partial charge in [-0.2, -0.15) is 5.26 Å². The van der Waals surface area contributed by atoms with E-state index in [0.717, 1.165) is 6.20 Å². The first-order chi connectivity index (χ1) is 7.11. The second kappa shape index (κ2) is 4.99. The minimum atomic E-state index is -2.85. The van der Waals surface area contributed by atoms with Gasteiger partial charge in [0.15, 0.2) is 5.82 Å². The van der Waals surface area contributed by atoms with Gasteiger partial charge in [-0.3, -0.25) is 4.98 Å². The van der Waals surface area contributed by atoms with Gasteiger partial charge in [-0.1, -0.05) is 0 Å². The van der Waals surface area contributed by atoms with Crippen LogP contribution in [0.3, 0.4) is 0 Å². The van der Waals surface area contributed by atoms with E-state index in [1.165, 1.54) is 0 Å². The highest BCUT2D eigenvalue weighted by Gasteiger charge is 2.19. The van der Waals surface area contributed by atoms with Crippen molar-refractivity contribution < 1.29 is 13.2 Å². The highest BCUT2D eigenvalue weighted by Crippen LogP contribution is 2.26. The average molecular weight is 235 g/mol. The van der Waals surface area contributed by atoms with E-state index >= 15 is 0 Å². The largest absolute Gasteiger partial charge is 0.265 e. The molecule has 0 saturated carbocycles. The molecule has 1 rings (SSSR count). The number of pyridine rings is 1. The molecule has 1 aromatic rings. The zero-order chi connectivity index (χ0) is 11.4. The molecule has 0 fully saturated rings. The normalized spacial score (nSPS) is 10.4. The standard InChI is InChI=1S/C9H6ClF3N2/c10-3-7-8(11)5(1-2-14)6(4-15-7)9(12)13/h4,9H,1,3H2. The summed E-state index contributed by atoms with van der Waals surface area (Å²) in [5, 5.41) is 8.40. The van der Waals surface area contributed by atoms with Gasteiger partial charge in [-0.05, 0) is 0 Å². The van der Waals surface area contributed by atoms with E-state index in [-0.39, 0.29) is 17.1 Å². The van der Waals surface area contributed by atoms with Crippen LogP contribution >= 0.6 is 11.6 Å². The van der Waals surface area contributed by atoms with Crippen LogP contribution in [0.15, 0.2) is 6.20 Å². The Morgan fingerprint density at radius 2 is 2.20 bits per heavy atom. The molecule has 0 aliphatic rings. The maximum absolute atomic E-state index is 13.4. The quantitative estimate of drug-likeness (QED) is 0.754. The van der Waals surface area contributed by atoms with Crippen LogP contribution in [0.2, 0.25) is 0 Å². The van der Waals surface area contributed by atoms with Gasteiger partial charge in [0.05, 0.1) is 24.1 Å². The summed E-state index contributed by atoms with van der Waals surface area (Å²) < 4.78 is 38.3. The van der Waals surface area contributed by atoms with Crippen LogP contribution in [0.25, 0.3) is 0 Å². The van der Waals surface area contributed by atoms with Gasteiger partial charge < -0.3 is 0 Å². The molecule has 0 atom stereocenters. The molecule has 2 nitrogen and oxygen atoms in total. The number of hydrogen-bond donors (Lipinski definition) is 0. The van der Waals surface area contributed by atoms with Gasteiger partial charge >= 0.3 is 0 Å². The lowest BCUT2D eigenvalue weighted by Crippen LogP contribution is -2.04. The van der Waals surface area contributed by atoms with Crippen molar-refractivity contribution in [3.8, 4) is 6.07 Å². The van der Waals surface area contributed by atoms with Gasteiger partial charge in [0.25, 0.3) is 6.43 Å². The summed E-state index contributed by atoms with van der Waals surface area (Å²) in [6.07, 6.45) is -2.41. The fraction of sp³-hybridized carbons (Fsp3) is 0.333. The van der Waals surface area contributed by atoms with Gasteiger partial charge in [0, 0.05) is 17.3 Å². The minimum Gasteiger partial charge on any atom is -0.256 e. The van der Waals surface area contributed by atoms with Gasteiger partial charge in [-0.25, -0.2) is 13.2 Å². The molecule has 15 heavy (non-hydrogen) atoms.